The second kappa shape index (κ2) is 6.62. The molecule has 0 spiro atoms. The quantitative estimate of drug-likeness (QED) is 0.826. The van der Waals surface area contributed by atoms with Crippen LogP contribution in [0.5, 0.6) is 0 Å². The molecule has 25 heavy (non-hydrogen) atoms. The number of fused-ring (bicyclic) bond motifs is 1. The minimum atomic E-state index is -0.492. The Bertz CT molecular complexity index is 825. The molecule has 0 aromatic carbocycles. The van der Waals surface area contributed by atoms with Crippen molar-refractivity contribution in [1.29, 1.82) is 0 Å². The fourth-order valence-corrected chi connectivity index (χ4v) is 3.73. The first-order chi connectivity index (χ1) is 11.7. The molecule has 1 amide bonds. The van der Waals surface area contributed by atoms with E-state index in [1.165, 1.54) is 28.1 Å². The van der Waals surface area contributed by atoms with Crippen molar-refractivity contribution >= 4 is 27.5 Å². The molecule has 3 rings (SSSR count). The number of ether oxygens (including phenoxy) is 1. The molecule has 1 fully saturated rings. The van der Waals surface area contributed by atoms with Gasteiger partial charge in [0.15, 0.2) is 0 Å². The van der Waals surface area contributed by atoms with E-state index >= 15 is 0 Å². The molecule has 1 aliphatic heterocycles. The Morgan fingerprint density at radius 1 is 1.48 bits per heavy atom. The van der Waals surface area contributed by atoms with Gasteiger partial charge in [-0.2, -0.15) is 4.52 Å². The molecular formula is C16H23N5O3S. The predicted molar refractivity (Wildman–Crippen MR) is 96.3 cm³/mol. The normalized spacial score (nSPS) is 17.9. The zero-order valence-corrected chi connectivity index (χ0v) is 15.7. The summed E-state index contributed by atoms with van der Waals surface area (Å²) >= 11 is 1.41. The van der Waals surface area contributed by atoms with Crippen LogP contribution in [0.1, 0.15) is 27.2 Å². The summed E-state index contributed by atoms with van der Waals surface area (Å²) < 4.78 is 6.72. The van der Waals surface area contributed by atoms with E-state index in [0.29, 0.717) is 17.4 Å². The Kier molecular flexibility index (Phi) is 4.68. The second-order valence-electron chi connectivity index (χ2n) is 7.32. The van der Waals surface area contributed by atoms with Crippen LogP contribution in [0.25, 0.3) is 4.96 Å². The number of anilines is 1. The molecule has 0 radical (unpaired) electrons. The van der Waals surface area contributed by atoms with Gasteiger partial charge in [0.2, 0.25) is 10.1 Å². The van der Waals surface area contributed by atoms with Gasteiger partial charge in [0, 0.05) is 38.9 Å². The zero-order valence-electron chi connectivity index (χ0n) is 14.9. The van der Waals surface area contributed by atoms with Gasteiger partial charge in [-0.25, -0.2) is 9.78 Å². The minimum absolute atomic E-state index is 0.173. The topological polar surface area (TPSA) is 80.0 Å². The third kappa shape index (κ3) is 4.09. The lowest BCUT2D eigenvalue weighted by molar-refractivity contribution is 0.0277. The lowest BCUT2D eigenvalue weighted by Crippen LogP contribution is -2.37. The van der Waals surface area contributed by atoms with E-state index in [-0.39, 0.29) is 11.7 Å². The average molecular weight is 365 g/mol. The van der Waals surface area contributed by atoms with Crippen molar-refractivity contribution in [3.8, 4) is 0 Å². The van der Waals surface area contributed by atoms with Crippen LogP contribution in [0.15, 0.2) is 17.1 Å². The van der Waals surface area contributed by atoms with Gasteiger partial charge in [-0.3, -0.25) is 4.79 Å². The summed E-state index contributed by atoms with van der Waals surface area (Å²) in [4.78, 5) is 32.4. The van der Waals surface area contributed by atoms with Crippen LogP contribution in [0.4, 0.5) is 9.93 Å². The van der Waals surface area contributed by atoms with Crippen molar-refractivity contribution in [3.05, 3.63) is 22.6 Å². The standard InChI is InChI=1S/C16H23N5O3S/c1-16(2,3)24-15(23)19(4)9-11-6-8-20(10-11)14-18-21-12(22)5-7-17-13(21)25-14/h5,7,11H,6,8-10H2,1-4H3. The highest BCUT2D eigenvalue weighted by atomic mass is 32.1. The van der Waals surface area contributed by atoms with Gasteiger partial charge >= 0.3 is 6.09 Å². The van der Waals surface area contributed by atoms with Crippen molar-refractivity contribution in [2.75, 3.05) is 31.6 Å². The van der Waals surface area contributed by atoms with Crippen molar-refractivity contribution in [3.63, 3.8) is 0 Å². The molecule has 2 aromatic rings. The lowest BCUT2D eigenvalue weighted by Gasteiger charge is -2.26. The molecule has 3 heterocycles. The van der Waals surface area contributed by atoms with E-state index in [4.69, 9.17) is 4.74 Å². The van der Waals surface area contributed by atoms with Gasteiger partial charge in [0.25, 0.3) is 5.56 Å². The number of hydrogen-bond donors (Lipinski definition) is 0. The summed E-state index contributed by atoms with van der Waals surface area (Å²) in [6.45, 7) is 7.86. The zero-order chi connectivity index (χ0) is 18.2. The number of hydrogen-bond acceptors (Lipinski definition) is 7. The number of rotatable bonds is 3. The van der Waals surface area contributed by atoms with E-state index in [9.17, 15) is 9.59 Å². The van der Waals surface area contributed by atoms with Crippen molar-refractivity contribution in [1.82, 2.24) is 19.5 Å². The van der Waals surface area contributed by atoms with E-state index in [0.717, 1.165) is 24.6 Å². The van der Waals surface area contributed by atoms with Crippen LogP contribution in [-0.4, -0.2) is 57.9 Å². The summed E-state index contributed by atoms with van der Waals surface area (Å²) in [5.41, 5.74) is -0.665. The first-order valence-corrected chi connectivity index (χ1v) is 9.08. The van der Waals surface area contributed by atoms with Gasteiger partial charge < -0.3 is 14.5 Å². The van der Waals surface area contributed by atoms with Gasteiger partial charge in [0.05, 0.1) is 0 Å². The van der Waals surface area contributed by atoms with E-state index in [1.807, 2.05) is 20.8 Å². The fraction of sp³-hybridized carbons (Fsp3) is 0.625. The largest absolute Gasteiger partial charge is 0.444 e. The summed E-state index contributed by atoms with van der Waals surface area (Å²) in [5.74, 6) is 0.342. The molecule has 1 aliphatic rings. The third-order valence-corrected chi connectivity index (χ3v) is 4.94. The molecule has 1 atom stereocenters. The highest BCUT2D eigenvalue weighted by Gasteiger charge is 2.28. The van der Waals surface area contributed by atoms with Gasteiger partial charge in [-0.1, -0.05) is 11.3 Å². The first-order valence-electron chi connectivity index (χ1n) is 8.27. The Hall–Kier alpha value is -2.16. The number of carbonyl (C=O) groups is 1. The molecule has 0 bridgehead atoms. The van der Waals surface area contributed by atoms with Crippen LogP contribution in [0.3, 0.4) is 0 Å². The van der Waals surface area contributed by atoms with Crippen LogP contribution < -0.4 is 10.5 Å². The Morgan fingerprint density at radius 2 is 2.24 bits per heavy atom. The van der Waals surface area contributed by atoms with E-state index < -0.39 is 5.60 Å². The van der Waals surface area contributed by atoms with Crippen LogP contribution in [0.2, 0.25) is 0 Å². The second-order valence-corrected chi connectivity index (χ2v) is 8.26. The first kappa shape index (κ1) is 17.7. The maximum Gasteiger partial charge on any atom is 0.410 e. The summed E-state index contributed by atoms with van der Waals surface area (Å²) in [6, 6.07) is 1.40. The minimum Gasteiger partial charge on any atom is -0.444 e. The highest BCUT2D eigenvalue weighted by Crippen LogP contribution is 2.27. The molecule has 2 aromatic heterocycles. The van der Waals surface area contributed by atoms with Gasteiger partial charge in [-0.15, -0.1) is 5.10 Å². The number of amides is 1. The maximum atomic E-state index is 12.1. The summed E-state index contributed by atoms with van der Waals surface area (Å²) in [6.07, 6.45) is 2.16. The molecule has 0 saturated carbocycles. The SMILES string of the molecule is CN(CC1CCN(c2nn3c(=O)ccnc3s2)C1)C(=O)OC(C)(C)C. The molecule has 8 nitrogen and oxygen atoms in total. The molecule has 0 N–H and O–H groups in total. The molecule has 9 heteroatoms. The Labute approximate surface area is 150 Å². The smallest absolute Gasteiger partial charge is 0.410 e. The molecule has 1 saturated heterocycles. The third-order valence-electron chi connectivity index (χ3n) is 3.95. The maximum absolute atomic E-state index is 12.1. The molecule has 0 aliphatic carbocycles. The molecule has 1 unspecified atom stereocenters. The monoisotopic (exact) mass is 365 g/mol. The number of carbonyl (C=O) groups excluding carboxylic acids is 1. The summed E-state index contributed by atoms with van der Waals surface area (Å²) in [5, 5.41) is 5.16. The van der Waals surface area contributed by atoms with Crippen molar-refractivity contribution in [2.45, 2.75) is 32.8 Å². The Morgan fingerprint density at radius 3 is 2.92 bits per heavy atom. The average Bonchev–Trinajstić information content (AvgIpc) is 3.12. The molecule has 136 valence electrons. The number of aromatic nitrogens is 3. The highest BCUT2D eigenvalue weighted by molar-refractivity contribution is 7.20. The van der Waals surface area contributed by atoms with Crippen LogP contribution >= 0.6 is 11.3 Å². The van der Waals surface area contributed by atoms with Crippen molar-refractivity contribution in [2.24, 2.45) is 5.92 Å². The van der Waals surface area contributed by atoms with Crippen LogP contribution in [-0.2, 0) is 4.74 Å². The van der Waals surface area contributed by atoms with Gasteiger partial charge in [0.1, 0.15) is 5.60 Å². The van der Waals surface area contributed by atoms with E-state index in [2.05, 4.69) is 15.0 Å². The van der Waals surface area contributed by atoms with Crippen molar-refractivity contribution < 1.29 is 9.53 Å². The lowest BCUT2D eigenvalue weighted by atomic mass is 10.1. The Balaban J connectivity index is 1.62. The van der Waals surface area contributed by atoms with Crippen LogP contribution in [0, 0.1) is 5.92 Å². The predicted octanol–water partition coefficient (Wildman–Crippen LogP) is 1.84. The van der Waals surface area contributed by atoms with Gasteiger partial charge in [-0.05, 0) is 33.1 Å². The number of nitrogens with zero attached hydrogens (tertiary/aromatic N) is 5. The van der Waals surface area contributed by atoms with E-state index in [1.54, 1.807) is 11.9 Å². The summed E-state index contributed by atoms with van der Waals surface area (Å²) in [7, 11) is 1.76. The fourth-order valence-electron chi connectivity index (χ4n) is 2.82. The molecular weight excluding hydrogens is 342 g/mol.